The summed E-state index contributed by atoms with van der Waals surface area (Å²) in [5, 5.41) is 0. The Hall–Kier alpha value is -3.27. The van der Waals surface area contributed by atoms with Gasteiger partial charge >= 0.3 is 0 Å². The van der Waals surface area contributed by atoms with E-state index in [1.807, 2.05) is 46.0 Å². The molecule has 0 N–H and O–H groups in total. The fourth-order valence-electron chi connectivity index (χ4n) is 6.71. The van der Waals surface area contributed by atoms with Crippen molar-refractivity contribution in [1.82, 2.24) is 0 Å². The third-order valence-electron chi connectivity index (χ3n) is 9.44. The maximum Gasteiger partial charge on any atom is 0.235 e. The van der Waals surface area contributed by atoms with E-state index in [0.29, 0.717) is 11.5 Å². The van der Waals surface area contributed by atoms with Crippen LogP contribution >= 0.6 is 0 Å². The van der Waals surface area contributed by atoms with Gasteiger partial charge in [-0.1, -0.05) is 116 Å². The number of rotatable bonds is 10. The van der Waals surface area contributed by atoms with Gasteiger partial charge in [-0.15, -0.1) is 0 Å². The topological polar surface area (TPSA) is 38.7 Å². The maximum atomic E-state index is 12.9. The number of hydrogen-bond donors (Lipinski definition) is 0. The summed E-state index contributed by atoms with van der Waals surface area (Å²) in [6.45, 7) is 20.4. The second-order valence-electron chi connectivity index (χ2n) is 12.6. The highest BCUT2D eigenvalue weighted by atomic mass is 19.1. The molecule has 1 saturated carbocycles. The molecule has 5 rings (SSSR count). The third kappa shape index (κ3) is 11.4. The fourth-order valence-corrected chi connectivity index (χ4v) is 6.71. The van der Waals surface area contributed by atoms with Crippen LogP contribution in [0.5, 0.6) is 5.75 Å². The van der Waals surface area contributed by atoms with Crippen LogP contribution in [-0.4, -0.2) is 17.9 Å². The van der Waals surface area contributed by atoms with E-state index in [4.69, 9.17) is 4.74 Å². The van der Waals surface area contributed by atoms with Gasteiger partial charge in [-0.2, -0.15) is 0 Å². The number of unbranched alkanes of at least 4 members (excludes halogenated alkanes) is 1. The van der Waals surface area contributed by atoms with Crippen molar-refractivity contribution < 1.29 is 13.9 Å². The van der Waals surface area contributed by atoms with E-state index < -0.39 is 6.36 Å². The average Bonchev–Trinajstić information content (AvgIpc) is 3.54. The third-order valence-corrected chi connectivity index (χ3v) is 9.44. The number of hydrogen-bond acceptors (Lipinski definition) is 3. The smallest absolute Gasteiger partial charge is 0.235 e. The highest BCUT2D eigenvalue weighted by Crippen LogP contribution is 2.37. The molecule has 0 aromatic heterocycles. The van der Waals surface area contributed by atoms with Gasteiger partial charge in [-0.25, -0.2) is 4.39 Å². The molecule has 3 unspecified atom stereocenters. The Bertz CT molecular complexity index is 1360. The summed E-state index contributed by atoms with van der Waals surface area (Å²) in [5.41, 5.74) is 8.02. The van der Waals surface area contributed by atoms with Crippen molar-refractivity contribution in [3.8, 4) is 5.75 Å². The molecule has 2 aromatic carbocycles. The van der Waals surface area contributed by atoms with Gasteiger partial charge in [0.05, 0.1) is 5.71 Å². The van der Waals surface area contributed by atoms with Gasteiger partial charge in [0.1, 0.15) is 5.75 Å². The van der Waals surface area contributed by atoms with Crippen LogP contribution in [0.3, 0.4) is 0 Å². The van der Waals surface area contributed by atoms with Crippen molar-refractivity contribution >= 4 is 17.1 Å². The monoisotopic (exact) mass is 643 g/mol. The van der Waals surface area contributed by atoms with E-state index in [1.165, 1.54) is 55.7 Å². The summed E-state index contributed by atoms with van der Waals surface area (Å²) in [4.78, 5) is 17.4. The van der Waals surface area contributed by atoms with Crippen molar-refractivity contribution in [2.75, 3.05) is 0 Å². The van der Waals surface area contributed by atoms with Gasteiger partial charge in [0.2, 0.25) is 6.36 Å². The van der Waals surface area contributed by atoms with Crippen LogP contribution in [0.15, 0.2) is 77.5 Å². The SMILES string of the molecule is CC.CC.CC1=CC=CC2C(c3ccc(OC(C)F)cc3)=CN=C12.CCCCC(C)C1CCC(C(=O)c2ccc(CC)cc2C)CC1. The normalized spacial score (nSPS) is 20.7. The number of benzene rings is 2. The summed E-state index contributed by atoms with van der Waals surface area (Å²) >= 11 is 0. The first kappa shape index (κ1) is 39.9. The molecule has 0 amide bonds. The number of carbonyl (C=O) groups is 1. The highest BCUT2D eigenvalue weighted by Gasteiger charge is 2.30. The Morgan fingerprint density at radius 3 is 2.19 bits per heavy atom. The van der Waals surface area contributed by atoms with Crippen LogP contribution in [0.2, 0.25) is 0 Å². The number of fused-ring (bicyclic) bond motifs is 1. The van der Waals surface area contributed by atoms with Crippen molar-refractivity contribution in [2.24, 2.45) is 28.7 Å². The summed E-state index contributed by atoms with van der Waals surface area (Å²) in [6, 6.07) is 13.9. The highest BCUT2D eigenvalue weighted by molar-refractivity contribution is 6.12. The lowest BCUT2D eigenvalue weighted by Gasteiger charge is -2.32. The lowest BCUT2D eigenvalue weighted by molar-refractivity contribution is 0.0849. The number of allylic oxidation sites excluding steroid dienone is 5. The number of aliphatic imine (C=N–C) groups is 1. The predicted octanol–water partition coefficient (Wildman–Crippen LogP) is 12.7. The molecule has 4 heteroatoms. The molecule has 3 nitrogen and oxygen atoms in total. The van der Waals surface area contributed by atoms with Crippen LogP contribution in [0.25, 0.3) is 5.57 Å². The molecular formula is C43H62FNO2. The molecule has 3 aliphatic rings. The molecule has 1 aliphatic heterocycles. The minimum atomic E-state index is -1.30. The zero-order chi connectivity index (χ0) is 34.9. The average molecular weight is 644 g/mol. The van der Waals surface area contributed by atoms with E-state index in [1.54, 1.807) is 12.1 Å². The maximum absolute atomic E-state index is 12.9. The van der Waals surface area contributed by atoms with Crippen LogP contribution in [0.4, 0.5) is 4.39 Å². The van der Waals surface area contributed by atoms with Gasteiger partial charge in [-0.05, 0) is 97.8 Å². The molecule has 2 aromatic rings. The minimum Gasteiger partial charge on any atom is -0.461 e. The zero-order valence-corrected chi connectivity index (χ0v) is 31.0. The second kappa shape index (κ2) is 20.9. The molecule has 2 aliphatic carbocycles. The van der Waals surface area contributed by atoms with Crippen molar-refractivity contribution in [3.63, 3.8) is 0 Å². The Morgan fingerprint density at radius 2 is 1.62 bits per heavy atom. The standard InChI is InChI=1S/C22H34O.C17H16FNO.2C2H6/c1-5-7-8-16(3)19-10-12-20(13-11-19)22(23)21-14-9-18(6-2)15-17(21)4;1-11-4-3-5-15-16(10-19-17(11)15)13-6-8-14(9-7-13)20-12(2)18;2*1-2/h9,14-16,19-20H,5-8,10-13H2,1-4H3;3-10,12,15H,1-2H3;2*1-2H3. The van der Waals surface area contributed by atoms with Crippen LogP contribution in [0.1, 0.15) is 134 Å². The first-order valence-electron chi connectivity index (χ1n) is 18.4. The summed E-state index contributed by atoms with van der Waals surface area (Å²) in [7, 11) is 0. The number of ketones is 1. The van der Waals surface area contributed by atoms with E-state index in [9.17, 15) is 9.18 Å². The van der Waals surface area contributed by atoms with E-state index in [0.717, 1.165) is 53.5 Å². The fraction of sp³-hybridized carbons (Fsp3) is 0.535. The largest absolute Gasteiger partial charge is 0.461 e. The number of halogens is 1. The molecule has 47 heavy (non-hydrogen) atoms. The first-order chi connectivity index (χ1) is 22.7. The van der Waals surface area contributed by atoms with Crippen molar-refractivity contribution in [2.45, 2.75) is 127 Å². The summed E-state index contributed by atoms with van der Waals surface area (Å²) < 4.78 is 17.8. The molecule has 0 bridgehead atoms. The number of nitrogens with zero attached hydrogens (tertiary/aromatic N) is 1. The number of alkyl halides is 1. The molecule has 0 spiro atoms. The molecule has 258 valence electrons. The van der Waals surface area contributed by atoms with Gasteiger partial charge in [-0.3, -0.25) is 9.79 Å². The number of aryl methyl sites for hydroxylation is 2. The molecule has 1 fully saturated rings. The summed E-state index contributed by atoms with van der Waals surface area (Å²) in [5.74, 6) is 3.09. The Labute approximate surface area is 286 Å². The summed E-state index contributed by atoms with van der Waals surface area (Å²) in [6.07, 6.45) is 16.6. The Morgan fingerprint density at radius 1 is 0.957 bits per heavy atom. The van der Waals surface area contributed by atoms with Gasteiger partial charge < -0.3 is 4.74 Å². The molecule has 3 atom stereocenters. The van der Waals surface area contributed by atoms with Gasteiger partial charge in [0.25, 0.3) is 0 Å². The van der Waals surface area contributed by atoms with E-state index in [-0.39, 0.29) is 11.8 Å². The van der Waals surface area contributed by atoms with Gasteiger partial charge in [0.15, 0.2) is 5.78 Å². The minimum absolute atomic E-state index is 0.229. The van der Waals surface area contributed by atoms with Gasteiger partial charge in [0, 0.05) is 30.5 Å². The molecular weight excluding hydrogens is 581 g/mol. The Balaban J connectivity index is 0.000000297. The van der Waals surface area contributed by atoms with Crippen LogP contribution in [0, 0.1) is 30.6 Å². The number of Topliss-reactive ketones (excluding diaryl/α,β-unsaturated/α-hetero) is 1. The molecule has 0 radical (unpaired) electrons. The predicted molar refractivity (Wildman–Crippen MR) is 201 cm³/mol. The van der Waals surface area contributed by atoms with Crippen LogP contribution < -0.4 is 4.74 Å². The molecule has 0 saturated heterocycles. The lowest BCUT2D eigenvalue weighted by Crippen LogP contribution is -2.25. The lowest BCUT2D eigenvalue weighted by atomic mass is 9.73. The van der Waals surface area contributed by atoms with E-state index >= 15 is 0 Å². The zero-order valence-electron chi connectivity index (χ0n) is 31.0. The Kier molecular flexibility index (Phi) is 17.7. The van der Waals surface area contributed by atoms with E-state index in [2.05, 4.69) is 76.0 Å². The van der Waals surface area contributed by atoms with Crippen molar-refractivity contribution in [1.29, 1.82) is 0 Å². The quantitative estimate of drug-likeness (QED) is 0.242. The molecule has 1 heterocycles. The van der Waals surface area contributed by atoms with Crippen LogP contribution in [-0.2, 0) is 6.42 Å². The second-order valence-corrected chi connectivity index (χ2v) is 12.6. The van der Waals surface area contributed by atoms with Crippen molar-refractivity contribution in [3.05, 3.63) is 94.7 Å². The number of carbonyl (C=O) groups excluding carboxylic acids is 1. The first-order valence-corrected chi connectivity index (χ1v) is 18.4. The number of ether oxygens (including phenoxy) is 1.